The minimum atomic E-state index is -0.438. The Morgan fingerprint density at radius 1 is 1.32 bits per heavy atom. The molecular formula is C18H24N2O4S. The Morgan fingerprint density at radius 3 is 2.72 bits per heavy atom. The van der Waals surface area contributed by atoms with E-state index in [1.54, 1.807) is 22.4 Å². The van der Waals surface area contributed by atoms with Crippen molar-refractivity contribution in [1.82, 2.24) is 9.80 Å². The van der Waals surface area contributed by atoms with E-state index in [2.05, 4.69) is 6.92 Å². The molecule has 1 aromatic heterocycles. The van der Waals surface area contributed by atoms with Gasteiger partial charge in [0.05, 0.1) is 10.9 Å². The molecular weight excluding hydrogens is 340 g/mol. The van der Waals surface area contributed by atoms with Crippen LogP contribution in [0.1, 0.15) is 48.7 Å². The molecule has 0 N–H and O–H groups in total. The number of nitrogens with zero attached hydrogens (tertiary/aromatic N) is 2. The van der Waals surface area contributed by atoms with Crippen LogP contribution in [0.5, 0.6) is 0 Å². The van der Waals surface area contributed by atoms with E-state index < -0.39 is 11.7 Å². The Kier molecular flexibility index (Phi) is 5.73. The zero-order valence-electron chi connectivity index (χ0n) is 14.5. The number of ketones is 1. The number of hydrogen-bond acceptors (Lipinski definition) is 5. The molecule has 0 spiro atoms. The van der Waals surface area contributed by atoms with Gasteiger partial charge in [0, 0.05) is 19.1 Å². The summed E-state index contributed by atoms with van der Waals surface area (Å²) in [5, 5.41) is 1.79. The summed E-state index contributed by atoms with van der Waals surface area (Å²) < 4.78 is 5.24. The molecule has 0 radical (unpaired) electrons. The van der Waals surface area contributed by atoms with Gasteiger partial charge in [-0.15, -0.1) is 11.3 Å². The van der Waals surface area contributed by atoms with Crippen LogP contribution in [0.25, 0.3) is 0 Å². The van der Waals surface area contributed by atoms with Crippen molar-refractivity contribution in [2.24, 2.45) is 0 Å². The number of carbonyl (C=O) groups excluding carboxylic acids is 3. The highest BCUT2D eigenvalue weighted by molar-refractivity contribution is 7.13. The van der Waals surface area contributed by atoms with Gasteiger partial charge in [0.25, 0.3) is 11.7 Å². The molecule has 0 saturated carbocycles. The molecule has 2 saturated heterocycles. The number of likely N-dealkylation sites (tertiary alicyclic amines) is 1. The molecule has 136 valence electrons. The lowest BCUT2D eigenvalue weighted by Gasteiger charge is -2.37. The summed E-state index contributed by atoms with van der Waals surface area (Å²) in [4.78, 5) is 40.6. The topological polar surface area (TPSA) is 66.9 Å². The van der Waals surface area contributed by atoms with Crippen molar-refractivity contribution in [2.45, 2.75) is 51.1 Å². The molecule has 6 nitrogen and oxygen atoms in total. The highest BCUT2D eigenvalue weighted by Crippen LogP contribution is 2.26. The number of ether oxygens (including phenoxy) is 1. The SMILES string of the molecule is CCCCC1COC(=O)N1C1CCN(C(=O)C(=O)c2cccs2)CC1. The van der Waals surface area contributed by atoms with E-state index in [-0.39, 0.29) is 18.2 Å². The van der Waals surface area contributed by atoms with Crippen LogP contribution in [0.15, 0.2) is 17.5 Å². The summed E-state index contributed by atoms with van der Waals surface area (Å²) in [5.41, 5.74) is 0. The Labute approximate surface area is 151 Å². The molecule has 2 fully saturated rings. The fourth-order valence-electron chi connectivity index (χ4n) is 3.58. The maximum absolute atomic E-state index is 12.4. The third-order valence-electron chi connectivity index (χ3n) is 4.98. The van der Waals surface area contributed by atoms with Gasteiger partial charge in [0.2, 0.25) is 0 Å². The quantitative estimate of drug-likeness (QED) is 0.575. The summed E-state index contributed by atoms with van der Waals surface area (Å²) in [6.45, 7) is 3.61. The Balaban J connectivity index is 1.57. The van der Waals surface area contributed by atoms with Crippen LogP contribution in [0.4, 0.5) is 4.79 Å². The van der Waals surface area contributed by atoms with E-state index in [1.807, 2.05) is 4.90 Å². The van der Waals surface area contributed by atoms with Crippen LogP contribution in [0.3, 0.4) is 0 Å². The summed E-state index contributed by atoms with van der Waals surface area (Å²) in [5.74, 6) is -0.873. The van der Waals surface area contributed by atoms with Crippen molar-refractivity contribution >= 4 is 29.1 Å². The maximum atomic E-state index is 12.4. The second kappa shape index (κ2) is 7.99. The van der Waals surface area contributed by atoms with Crippen LogP contribution < -0.4 is 0 Å². The lowest BCUT2D eigenvalue weighted by atomic mass is 10.00. The van der Waals surface area contributed by atoms with Crippen LogP contribution in [0, 0.1) is 0 Å². The average molecular weight is 364 g/mol. The number of carbonyl (C=O) groups is 3. The molecule has 1 atom stereocenters. The summed E-state index contributed by atoms with van der Waals surface area (Å²) in [6, 6.07) is 3.69. The monoisotopic (exact) mass is 364 g/mol. The van der Waals surface area contributed by atoms with Crippen molar-refractivity contribution in [3.05, 3.63) is 22.4 Å². The third kappa shape index (κ3) is 3.86. The van der Waals surface area contributed by atoms with Gasteiger partial charge in [-0.2, -0.15) is 0 Å². The van der Waals surface area contributed by atoms with Gasteiger partial charge in [-0.1, -0.05) is 25.8 Å². The smallest absolute Gasteiger partial charge is 0.410 e. The van der Waals surface area contributed by atoms with Crippen LogP contribution in [-0.2, 0) is 9.53 Å². The van der Waals surface area contributed by atoms with Crippen LogP contribution in [-0.4, -0.2) is 59.4 Å². The van der Waals surface area contributed by atoms with Crippen molar-refractivity contribution in [1.29, 1.82) is 0 Å². The first-order valence-corrected chi connectivity index (χ1v) is 9.82. The number of Topliss-reactive ketones (excluding diaryl/α,β-unsaturated/α-hetero) is 1. The van der Waals surface area contributed by atoms with E-state index in [9.17, 15) is 14.4 Å². The maximum Gasteiger partial charge on any atom is 0.410 e. The van der Waals surface area contributed by atoms with E-state index >= 15 is 0 Å². The van der Waals surface area contributed by atoms with Crippen molar-refractivity contribution < 1.29 is 19.1 Å². The molecule has 2 amide bonds. The molecule has 0 aromatic carbocycles. The second-order valence-electron chi connectivity index (χ2n) is 6.61. The van der Waals surface area contributed by atoms with E-state index in [0.717, 1.165) is 19.3 Å². The van der Waals surface area contributed by atoms with Crippen molar-refractivity contribution in [3.8, 4) is 0 Å². The molecule has 3 heterocycles. The standard InChI is InChI=1S/C18H24N2O4S/c1-2-3-5-14-12-24-18(23)20(14)13-7-9-19(10-8-13)17(22)16(21)15-6-4-11-25-15/h4,6,11,13-14H,2-3,5,7-10,12H2,1H3. The molecule has 25 heavy (non-hydrogen) atoms. The molecule has 1 unspecified atom stereocenters. The van der Waals surface area contributed by atoms with Gasteiger partial charge in [-0.3, -0.25) is 14.5 Å². The van der Waals surface area contributed by atoms with Gasteiger partial charge in [0.1, 0.15) is 6.61 Å². The first kappa shape index (κ1) is 17.9. The third-order valence-corrected chi connectivity index (χ3v) is 5.85. The highest BCUT2D eigenvalue weighted by Gasteiger charge is 2.40. The Hall–Kier alpha value is -1.89. The van der Waals surface area contributed by atoms with E-state index in [4.69, 9.17) is 4.74 Å². The number of piperidine rings is 1. The zero-order valence-corrected chi connectivity index (χ0v) is 15.3. The van der Waals surface area contributed by atoms with Gasteiger partial charge in [-0.05, 0) is 30.7 Å². The lowest BCUT2D eigenvalue weighted by Crippen LogP contribution is -2.50. The lowest BCUT2D eigenvalue weighted by molar-refractivity contribution is -0.127. The van der Waals surface area contributed by atoms with Crippen LogP contribution in [0.2, 0.25) is 0 Å². The normalized spacial score (nSPS) is 21.5. The number of thiophene rings is 1. The van der Waals surface area contributed by atoms with Gasteiger partial charge < -0.3 is 9.64 Å². The molecule has 7 heteroatoms. The summed E-state index contributed by atoms with van der Waals surface area (Å²) >= 11 is 1.29. The number of hydrogen-bond donors (Lipinski definition) is 0. The Bertz CT molecular complexity index is 623. The molecule has 2 aliphatic heterocycles. The predicted octanol–water partition coefficient (Wildman–Crippen LogP) is 2.93. The minimum absolute atomic E-state index is 0.0951. The summed E-state index contributed by atoms with van der Waals surface area (Å²) in [7, 11) is 0. The zero-order chi connectivity index (χ0) is 17.8. The Morgan fingerprint density at radius 2 is 2.08 bits per heavy atom. The van der Waals surface area contributed by atoms with Crippen molar-refractivity contribution in [2.75, 3.05) is 19.7 Å². The number of cyclic esters (lactones) is 1. The number of rotatable bonds is 6. The fourth-order valence-corrected chi connectivity index (χ4v) is 4.24. The number of amides is 2. The first-order valence-electron chi connectivity index (χ1n) is 8.94. The van der Waals surface area contributed by atoms with Crippen molar-refractivity contribution in [3.63, 3.8) is 0 Å². The molecule has 0 bridgehead atoms. The van der Waals surface area contributed by atoms with Crippen LogP contribution >= 0.6 is 11.3 Å². The van der Waals surface area contributed by atoms with Gasteiger partial charge in [-0.25, -0.2) is 4.79 Å². The largest absolute Gasteiger partial charge is 0.447 e. The van der Waals surface area contributed by atoms with E-state index in [1.165, 1.54) is 11.3 Å². The fraction of sp³-hybridized carbons (Fsp3) is 0.611. The average Bonchev–Trinajstić information content (AvgIpc) is 3.29. The predicted molar refractivity (Wildman–Crippen MR) is 94.8 cm³/mol. The van der Waals surface area contributed by atoms with E-state index in [0.29, 0.717) is 37.4 Å². The minimum Gasteiger partial charge on any atom is -0.447 e. The molecule has 1 aromatic rings. The second-order valence-corrected chi connectivity index (χ2v) is 7.56. The molecule has 3 rings (SSSR count). The van der Waals surface area contributed by atoms with Gasteiger partial charge in [0.15, 0.2) is 0 Å². The first-order chi connectivity index (χ1) is 12.1. The highest BCUT2D eigenvalue weighted by atomic mass is 32.1. The number of unbranched alkanes of at least 4 members (excludes halogenated alkanes) is 1. The van der Waals surface area contributed by atoms with Gasteiger partial charge >= 0.3 is 6.09 Å². The molecule has 2 aliphatic rings. The molecule has 0 aliphatic carbocycles. The summed E-state index contributed by atoms with van der Waals surface area (Å²) in [6.07, 6.45) is 4.28.